The lowest BCUT2D eigenvalue weighted by Crippen LogP contribution is -2.36. The first kappa shape index (κ1) is 19.9. The van der Waals surface area contributed by atoms with Crippen LogP contribution in [0.3, 0.4) is 0 Å². The molecule has 0 bridgehead atoms. The minimum absolute atomic E-state index is 0. The van der Waals surface area contributed by atoms with Gasteiger partial charge in [-0.25, -0.2) is 0 Å². The van der Waals surface area contributed by atoms with Crippen LogP contribution in [0.5, 0.6) is 5.75 Å². The minimum Gasteiger partial charge on any atom is -0.495 e. The predicted molar refractivity (Wildman–Crippen MR) is 108 cm³/mol. The van der Waals surface area contributed by atoms with Crippen molar-refractivity contribution in [3.05, 3.63) is 24.3 Å². The first-order valence-corrected chi connectivity index (χ1v) is 8.02. The lowest BCUT2D eigenvalue weighted by molar-refractivity contribution is 0.414. The summed E-state index contributed by atoms with van der Waals surface area (Å²) >= 11 is 0. The van der Waals surface area contributed by atoms with Gasteiger partial charge in [-0.2, -0.15) is 0 Å². The Labute approximate surface area is 156 Å². The number of para-hydroxylation sites is 2. The average Bonchev–Trinajstić information content (AvgIpc) is 2.99. The highest BCUT2D eigenvalue weighted by molar-refractivity contribution is 14.0. The summed E-state index contributed by atoms with van der Waals surface area (Å²) in [6.07, 6.45) is 1.16. The summed E-state index contributed by atoms with van der Waals surface area (Å²) in [5.41, 5.74) is 7.07. The molecule has 23 heavy (non-hydrogen) atoms. The minimum atomic E-state index is 0. The monoisotopic (exact) mass is 432 g/mol. The summed E-state index contributed by atoms with van der Waals surface area (Å²) in [5, 5.41) is 3.25. The number of nitrogens with one attached hydrogen (secondary N) is 1. The summed E-state index contributed by atoms with van der Waals surface area (Å²) in [6.45, 7) is 7.99. The van der Waals surface area contributed by atoms with Gasteiger partial charge in [0.15, 0.2) is 5.96 Å². The van der Waals surface area contributed by atoms with Crippen LogP contribution in [-0.2, 0) is 0 Å². The normalized spacial score (nSPS) is 18.0. The number of hydrogen-bond donors (Lipinski definition) is 2. The van der Waals surface area contributed by atoms with E-state index >= 15 is 0 Å². The number of anilines is 1. The predicted octanol–water partition coefficient (Wildman–Crippen LogP) is 2.70. The number of halogens is 1. The van der Waals surface area contributed by atoms with Crippen LogP contribution in [0.4, 0.5) is 5.69 Å². The molecule has 130 valence electrons. The summed E-state index contributed by atoms with van der Waals surface area (Å²) in [4.78, 5) is 6.72. The zero-order valence-corrected chi connectivity index (χ0v) is 16.6. The Morgan fingerprint density at radius 1 is 1.43 bits per heavy atom. The maximum absolute atomic E-state index is 5.90. The van der Waals surface area contributed by atoms with Gasteiger partial charge in [0.1, 0.15) is 5.75 Å². The van der Waals surface area contributed by atoms with Crippen molar-refractivity contribution in [3.63, 3.8) is 0 Å². The Bertz CT molecular complexity index is 507. The molecule has 3 N–H and O–H groups in total. The molecule has 0 spiro atoms. The van der Waals surface area contributed by atoms with Crippen molar-refractivity contribution in [1.82, 2.24) is 5.32 Å². The van der Waals surface area contributed by atoms with E-state index in [0.717, 1.165) is 38.3 Å². The van der Waals surface area contributed by atoms with Crippen LogP contribution in [0.15, 0.2) is 29.3 Å². The van der Waals surface area contributed by atoms with E-state index in [9.17, 15) is 0 Å². The van der Waals surface area contributed by atoms with Gasteiger partial charge < -0.3 is 20.7 Å². The number of methoxy groups -OCH3 is 1. The Kier molecular flexibility index (Phi) is 8.51. The maximum Gasteiger partial charge on any atom is 0.188 e. The van der Waals surface area contributed by atoms with Crippen LogP contribution in [0.25, 0.3) is 0 Å². The number of hydrogen-bond acceptors (Lipinski definition) is 3. The molecule has 0 radical (unpaired) electrons. The molecule has 1 aliphatic heterocycles. The van der Waals surface area contributed by atoms with Gasteiger partial charge in [0.25, 0.3) is 0 Å². The molecule has 0 aromatic heterocycles. The third-order valence-corrected chi connectivity index (χ3v) is 3.91. The van der Waals surface area contributed by atoms with E-state index < -0.39 is 0 Å². The molecule has 1 fully saturated rings. The lowest BCUT2D eigenvalue weighted by Gasteiger charge is -2.21. The molecule has 1 aliphatic rings. The van der Waals surface area contributed by atoms with Gasteiger partial charge >= 0.3 is 0 Å². The third kappa shape index (κ3) is 6.08. The fraction of sp³-hybridized carbons (Fsp3) is 0.588. The lowest BCUT2D eigenvalue weighted by atomic mass is 10.1. The van der Waals surface area contributed by atoms with Gasteiger partial charge in [-0.15, -0.1) is 24.0 Å². The van der Waals surface area contributed by atoms with Crippen LogP contribution in [-0.4, -0.2) is 39.2 Å². The molecular weight excluding hydrogens is 403 g/mol. The van der Waals surface area contributed by atoms with E-state index in [1.54, 1.807) is 7.11 Å². The van der Waals surface area contributed by atoms with Gasteiger partial charge in [-0.05, 0) is 30.4 Å². The zero-order valence-electron chi connectivity index (χ0n) is 14.3. The van der Waals surface area contributed by atoms with Gasteiger partial charge in [0, 0.05) is 26.2 Å². The number of benzene rings is 1. The molecule has 1 aromatic rings. The second-order valence-corrected chi connectivity index (χ2v) is 6.27. The molecule has 6 heteroatoms. The Balaban J connectivity index is 0.00000264. The standard InChI is InChI=1S/C17H28N4O.HI/c1-13(2)10-19-17(18)20-11-14-8-9-21(12-14)15-6-4-5-7-16(15)22-3;/h4-7,13-14H,8-12H2,1-3H3,(H3,18,19,20);1H. The Morgan fingerprint density at radius 3 is 2.87 bits per heavy atom. The van der Waals surface area contributed by atoms with Gasteiger partial charge in [0.05, 0.1) is 12.8 Å². The van der Waals surface area contributed by atoms with E-state index in [0.29, 0.717) is 17.8 Å². The van der Waals surface area contributed by atoms with Crippen molar-refractivity contribution in [2.45, 2.75) is 20.3 Å². The molecule has 2 rings (SSSR count). The average molecular weight is 432 g/mol. The second-order valence-electron chi connectivity index (χ2n) is 6.27. The summed E-state index contributed by atoms with van der Waals surface area (Å²) in [5.74, 6) is 2.61. The van der Waals surface area contributed by atoms with Crippen LogP contribution in [0.2, 0.25) is 0 Å². The molecule has 1 heterocycles. The smallest absolute Gasteiger partial charge is 0.188 e. The molecule has 0 amide bonds. The van der Waals surface area contributed by atoms with Crippen molar-refractivity contribution >= 4 is 35.6 Å². The molecule has 0 aliphatic carbocycles. The second kappa shape index (κ2) is 9.85. The fourth-order valence-corrected chi connectivity index (χ4v) is 2.69. The summed E-state index contributed by atoms with van der Waals surface area (Å²) in [6, 6.07) is 8.19. The van der Waals surface area contributed by atoms with Crippen molar-refractivity contribution in [2.24, 2.45) is 22.6 Å². The quantitative estimate of drug-likeness (QED) is 0.412. The highest BCUT2D eigenvalue weighted by atomic mass is 127. The number of aliphatic imine (C=N–C) groups is 1. The van der Waals surface area contributed by atoms with E-state index in [1.165, 1.54) is 5.69 Å². The van der Waals surface area contributed by atoms with Crippen molar-refractivity contribution in [1.29, 1.82) is 0 Å². The molecule has 1 unspecified atom stereocenters. The maximum atomic E-state index is 5.90. The van der Waals surface area contributed by atoms with E-state index in [1.807, 2.05) is 12.1 Å². The topological polar surface area (TPSA) is 62.9 Å². The van der Waals surface area contributed by atoms with Crippen LogP contribution in [0.1, 0.15) is 20.3 Å². The number of ether oxygens (including phenoxy) is 1. The Hall–Kier alpha value is -1.18. The van der Waals surface area contributed by atoms with Crippen molar-refractivity contribution in [2.75, 3.05) is 38.2 Å². The van der Waals surface area contributed by atoms with Crippen molar-refractivity contribution in [3.8, 4) is 5.75 Å². The molecule has 1 atom stereocenters. The highest BCUT2D eigenvalue weighted by Crippen LogP contribution is 2.31. The summed E-state index contributed by atoms with van der Waals surface area (Å²) in [7, 11) is 1.72. The fourth-order valence-electron chi connectivity index (χ4n) is 2.69. The molecule has 5 nitrogen and oxygen atoms in total. The van der Waals surface area contributed by atoms with Crippen LogP contribution in [0, 0.1) is 11.8 Å². The number of rotatable bonds is 6. The van der Waals surface area contributed by atoms with Gasteiger partial charge in [0.2, 0.25) is 0 Å². The Morgan fingerprint density at radius 2 is 2.17 bits per heavy atom. The van der Waals surface area contributed by atoms with E-state index in [-0.39, 0.29) is 24.0 Å². The van der Waals surface area contributed by atoms with Crippen LogP contribution < -0.4 is 20.7 Å². The van der Waals surface area contributed by atoms with E-state index in [2.05, 4.69) is 41.2 Å². The highest BCUT2D eigenvalue weighted by Gasteiger charge is 2.24. The van der Waals surface area contributed by atoms with Crippen LogP contribution >= 0.6 is 24.0 Å². The largest absolute Gasteiger partial charge is 0.495 e. The molecule has 0 saturated carbocycles. The first-order valence-electron chi connectivity index (χ1n) is 8.02. The zero-order chi connectivity index (χ0) is 15.9. The summed E-state index contributed by atoms with van der Waals surface area (Å²) < 4.78 is 5.45. The molecular formula is C17H29IN4O. The molecule has 1 saturated heterocycles. The third-order valence-electron chi connectivity index (χ3n) is 3.91. The SMILES string of the molecule is COc1ccccc1N1CCC(CNC(N)=NCC(C)C)C1.I. The number of guanidine groups is 1. The molecule has 1 aromatic carbocycles. The number of nitrogens with two attached hydrogens (primary N) is 1. The first-order chi connectivity index (χ1) is 10.6. The van der Waals surface area contributed by atoms with Gasteiger partial charge in [-0.3, -0.25) is 4.99 Å². The van der Waals surface area contributed by atoms with E-state index in [4.69, 9.17) is 10.5 Å². The van der Waals surface area contributed by atoms with Gasteiger partial charge in [-0.1, -0.05) is 26.0 Å². The number of nitrogens with zero attached hydrogens (tertiary/aromatic N) is 2. The van der Waals surface area contributed by atoms with Crippen molar-refractivity contribution < 1.29 is 4.74 Å².